The molecule has 3 rings (SSSR count). The van der Waals surface area contributed by atoms with Crippen molar-refractivity contribution in [3.8, 4) is 0 Å². The summed E-state index contributed by atoms with van der Waals surface area (Å²) in [7, 11) is 0. The van der Waals surface area contributed by atoms with Gasteiger partial charge >= 0.3 is 0 Å². The zero-order valence-electron chi connectivity index (χ0n) is 20.9. The third-order valence-corrected chi connectivity index (χ3v) is 5.78. The number of carbonyl (C=O) groups excluding carboxylic acids is 2. The van der Waals surface area contributed by atoms with Crippen LogP contribution in [-0.2, 0) is 28.1 Å². The highest BCUT2D eigenvalue weighted by Gasteiger charge is 2.23. The topological polar surface area (TPSA) is 88.0 Å². The first-order valence-corrected chi connectivity index (χ1v) is 12.0. The van der Waals surface area contributed by atoms with Crippen LogP contribution < -0.4 is 16.0 Å². The molecular formula is C27H33F2N5O2. The van der Waals surface area contributed by atoms with Crippen molar-refractivity contribution in [2.75, 3.05) is 11.9 Å². The second-order valence-corrected chi connectivity index (χ2v) is 9.42. The van der Waals surface area contributed by atoms with Gasteiger partial charge in [0.25, 0.3) is 0 Å². The molecule has 1 unspecified atom stereocenters. The van der Waals surface area contributed by atoms with Gasteiger partial charge in [-0.3, -0.25) is 9.59 Å². The first-order valence-electron chi connectivity index (χ1n) is 12.0. The quantitative estimate of drug-likeness (QED) is 0.351. The number of amides is 2. The molecule has 1 heterocycles. The van der Waals surface area contributed by atoms with E-state index >= 15 is 0 Å². The first-order chi connectivity index (χ1) is 17.2. The van der Waals surface area contributed by atoms with Crippen LogP contribution in [0.25, 0.3) is 0 Å². The van der Waals surface area contributed by atoms with Gasteiger partial charge in [-0.15, -0.1) is 0 Å². The van der Waals surface area contributed by atoms with Crippen LogP contribution in [0.1, 0.15) is 44.7 Å². The van der Waals surface area contributed by atoms with Crippen molar-refractivity contribution in [2.24, 2.45) is 0 Å². The lowest BCUT2D eigenvalue weighted by molar-refractivity contribution is -0.126. The zero-order valence-corrected chi connectivity index (χ0v) is 20.9. The summed E-state index contributed by atoms with van der Waals surface area (Å²) in [6.07, 6.45) is 4.24. The van der Waals surface area contributed by atoms with Crippen LogP contribution >= 0.6 is 0 Å². The van der Waals surface area contributed by atoms with Crippen LogP contribution in [0, 0.1) is 11.6 Å². The molecule has 0 radical (unpaired) electrons. The standard InChI is InChI=1S/C27H33F2N5O2/c1-4-8-23(32-25(35)13-20-11-21(28)14-22(29)12-20)26(36)33-24-16-34(18-31-24)27(2,3)17-30-15-19-9-6-5-7-10-19/h5-7,9-12,14,16,18,23,30H,4,8,13,15,17H2,1-3H3,(H,32,35)(H,33,36). The van der Waals surface area contributed by atoms with E-state index in [9.17, 15) is 18.4 Å². The number of anilines is 1. The lowest BCUT2D eigenvalue weighted by atomic mass is 10.1. The Morgan fingerprint density at radius 1 is 1.06 bits per heavy atom. The Morgan fingerprint density at radius 2 is 1.75 bits per heavy atom. The molecule has 2 amide bonds. The summed E-state index contributed by atoms with van der Waals surface area (Å²) in [6.45, 7) is 7.44. The number of rotatable bonds is 12. The van der Waals surface area contributed by atoms with Gasteiger partial charge < -0.3 is 20.5 Å². The smallest absolute Gasteiger partial charge is 0.248 e. The predicted octanol–water partition coefficient (Wildman–Crippen LogP) is 4.15. The molecule has 9 heteroatoms. The number of nitrogens with zero attached hydrogens (tertiary/aromatic N) is 2. The SMILES string of the molecule is CCCC(NC(=O)Cc1cc(F)cc(F)c1)C(=O)Nc1cn(C(C)(C)CNCc2ccccc2)cn1. The van der Waals surface area contributed by atoms with Crippen molar-refractivity contribution in [3.63, 3.8) is 0 Å². The molecule has 2 aromatic carbocycles. The number of hydrogen-bond donors (Lipinski definition) is 3. The maximum atomic E-state index is 13.4. The Morgan fingerprint density at radius 3 is 2.42 bits per heavy atom. The maximum absolute atomic E-state index is 13.4. The van der Waals surface area contributed by atoms with E-state index in [0.29, 0.717) is 25.2 Å². The number of aromatic nitrogens is 2. The van der Waals surface area contributed by atoms with Crippen LogP contribution in [0.3, 0.4) is 0 Å². The Kier molecular flexibility index (Phi) is 9.30. The molecule has 3 N–H and O–H groups in total. The van der Waals surface area contributed by atoms with Crippen LogP contribution in [0.2, 0.25) is 0 Å². The third kappa shape index (κ3) is 7.98. The molecule has 0 aliphatic heterocycles. The van der Waals surface area contributed by atoms with Crippen LogP contribution in [-0.4, -0.2) is 34.0 Å². The molecule has 1 atom stereocenters. The summed E-state index contributed by atoms with van der Waals surface area (Å²) in [6, 6.07) is 12.3. The molecular weight excluding hydrogens is 464 g/mol. The second-order valence-electron chi connectivity index (χ2n) is 9.42. The van der Waals surface area contributed by atoms with Gasteiger partial charge in [-0.05, 0) is 43.5 Å². The van der Waals surface area contributed by atoms with Crippen molar-refractivity contribution >= 4 is 17.6 Å². The number of benzene rings is 2. The zero-order chi connectivity index (χ0) is 26.1. The molecule has 0 saturated heterocycles. The molecule has 0 spiro atoms. The van der Waals surface area contributed by atoms with E-state index < -0.39 is 29.5 Å². The van der Waals surface area contributed by atoms with E-state index in [-0.39, 0.29) is 17.5 Å². The third-order valence-electron chi connectivity index (χ3n) is 5.78. The van der Waals surface area contributed by atoms with Gasteiger partial charge in [0.1, 0.15) is 17.7 Å². The van der Waals surface area contributed by atoms with Gasteiger partial charge in [-0.1, -0.05) is 43.7 Å². The van der Waals surface area contributed by atoms with E-state index in [1.54, 1.807) is 12.5 Å². The summed E-state index contributed by atoms with van der Waals surface area (Å²) >= 11 is 0. The Labute approximate surface area is 210 Å². The summed E-state index contributed by atoms with van der Waals surface area (Å²) in [5.41, 5.74) is 1.09. The molecule has 0 saturated carbocycles. The van der Waals surface area contributed by atoms with E-state index in [1.807, 2.05) is 29.7 Å². The number of hydrogen-bond acceptors (Lipinski definition) is 4. The van der Waals surface area contributed by atoms with E-state index in [0.717, 1.165) is 24.7 Å². The molecule has 0 fully saturated rings. The van der Waals surface area contributed by atoms with Gasteiger partial charge in [0.15, 0.2) is 5.82 Å². The fourth-order valence-corrected chi connectivity index (χ4v) is 3.83. The average Bonchev–Trinajstić information content (AvgIpc) is 3.28. The molecule has 0 bridgehead atoms. The molecule has 3 aromatic rings. The van der Waals surface area contributed by atoms with Gasteiger partial charge in [0.2, 0.25) is 11.8 Å². The van der Waals surface area contributed by atoms with Crippen molar-refractivity contribution in [1.82, 2.24) is 20.2 Å². The molecule has 0 aliphatic carbocycles. The normalized spacial score (nSPS) is 12.2. The molecule has 36 heavy (non-hydrogen) atoms. The van der Waals surface area contributed by atoms with E-state index in [4.69, 9.17) is 0 Å². The summed E-state index contributed by atoms with van der Waals surface area (Å²) in [5.74, 6) is -2.03. The Balaban J connectivity index is 1.56. The number of imidazole rings is 1. The summed E-state index contributed by atoms with van der Waals surface area (Å²) in [4.78, 5) is 29.6. The van der Waals surface area contributed by atoms with Crippen molar-refractivity contribution in [2.45, 2.75) is 58.2 Å². The predicted molar refractivity (Wildman–Crippen MR) is 135 cm³/mol. The summed E-state index contributed by atoms with van der Waals surface area (Å²) < 4.78 is 28.8. The highest BCUT2D eigenvalue weighted by Crippen LogP contribution is 2.17. The van der Waals surface area contributed by atoms with Crippen LogP contribution in [0.4, 0.5) is 14.6 Å². The van der Waals surface area contributed by atoms with Crippen LogP contribution in [0.5, 0.6) is 0 Å². The molecule has 0 aliphatic rings. The molecule has 7 nitrogen and oxygen atoms in total. The summed E-state index contributed by atoms with van der Waals surface area (Å²) in [5, 5.41) is 8.87. The van der Waals surface area contributed by atoms with Crippen molar-refractivity contribution in [1.29, 1.82) is 0 Å². The molecule has 192 valence electrons. The van der Waals surface area contributed by atoms with Gasteiger partial charge in [-0.2, -0.15) is 0 Å². The Hall–Kier alpha value is -3.59. The lowest BCUT2D eigenvalue weighted by Crippen LogP contribution is -2.44. The minimum atomic E-state index is -0.799. The largest absolute Gasteiger partial charge is 0.344 e. The highest BCUT2D eigenvalue weighted by atomic mass is 19.1. The number of nitrogens with one attached hydrogen (secondary N) is 3. The van der Waals surface area contributed by atoms with E-state index in [1.165, 1.54) is 5.56 Å². The fourth-order valence-electron chi connectivity index (χ4n) is 3.83. The van der Waals surface area contributed by atoms with Crippen molar-refractivity contribution < 1.29 is 18.4 Å². The van der Waals surface area contributed by atoms with Crippen molar-refractivity contribution in [3.05, 3.63) is 83.8 Å². The maximum Gasteiger partial charge on any atom is 0.248 e. The minimum absolute atomic E-state index is 0.197. The Bertz CT molecular complexity index is 1140. The second kappa shape index (κ2) is 12.4. The van der Waals surface area contributed by atoms with E-state index in [2.05, 4.69) is 46.9 Å². The molecule has 1 aromatic heterocycles. The minimum Gasteiger partial charge on any atom is -0.344 e. The van der Waals surface area contributed by atoms with Crippen LogP contribution in [0.15, 0.2) is 61.1 Å². The highest BCUT2D eigenvalue weighted by molar-refractivity contribution is 5.96. The fraction of sp³-hybridized carbons (Fsp3) is 0.370. The lowest BCUT2D eigenvalue weighted by Gasteiger charge is -2.27. The first kappa shape index (κ1) is 27.0. The monoisotopic (exact) mass is 497 g/mol. The van der Waals surface area contributed by atoms with Gasteiger partial charge in [0.05, 0.1) is 18.3 Å². The van der Waals surface area contributed by atoms with Gasteiger partial charge in [0, 0.05) is 25.4 Å². The average molecular weight is 498 g/mol. The number of carbonyl (C=O) groups is 2. The number of halogens is 2. The van der Waals surface area contributed by atoms with Gasteiger partial charge in [-0.25, -0.2) is 13.8 Å².